The molecule has 0 aliphatic rings. The summed E-state index contributed by atoms with van der Waals surface area (Å²) in [6.45, 7) is 5.52. The molecule has 100 valence electrons. The Morgan fingerprint density at radius 1 is 1.21 bits per heavy atom. The monoisotopic (exact) mass is 259 g/mol. The first-order chi connectivity index (χ1) is 8.85. The lowest BCUT2D eigenvalue weighted by atomic mass is 10.1. The van der Waals surface area contributed by atoms with Gasteiger partial charge in [0.2, 0.25) is 0 Å². The maximum absolute atomic E-state index is 11.8. The predicted molar refractivity (Wildman–Crippen MR) is 73.1 cm³/mol. The molecule has 0 bridgehead atoms. The fraction of sp³-hybridized carbons (Fsp3) is 0.286. The summed E-state index contributed by atoms with van der Waals surface area (Å²) >= 11 is 0. The van der Waals surface area contributed by atoms with Gasteiger partial charge in [-0.15, -0.1) is 0 Å². The third-order valence-corrected chi connectivity index (χ3v) is 2.38. The van der Waals surface area contributed by atoms with Gasteiger partial charge in [0.05, 0.1) is 11.3 Å². The SMILES string of the molecule is CC(C)(C)OC(=O)c1ccc(-n2ccc(N)n2)cc1. The number of carbonyl (C=O) groups excluding carboxylic acids is 1. The van der Waals surface area contributed by atoms with Gasteiger partial charge in [-0.25, -0.2) is 9.48 Å². The standard InChI is InChI=1S/C14H17N3O2/c1-14(2,3)19-13(18)10-4-6-11(7-5-10)17-9-8-12(15)16-17/h4-9H,1-3H3,(H2,15,16). The zero-order valence-electron chi connectivity index (χ0n) is 11.3. The van der Waals surface area contributed by atoms with E-state index in [0.29, 0.717) is 11.4 Å². The Morgan fingerprint density at radius 3 is 2.32 bits per heavy atom. The number of aromatic nitrogens is 2. The second kappa shape index (κ2) is 4.76. The predicted octanol–water partition coefficient (Wildman–Crippen LogP) is 2.41. The molecule has 0 radical (unpaired) electrons. The van der Waals surface area contributed by atoms with Crippen LogP contribution in [0.3, 0.4) is 0 Å². The highest BCUT2D eigenvalue weighted by Crippen LogP contribution is 2.14. The Kier molecular flexibility index (Phi) is 3.29. The van der Waals surface area contributed by atoms with Gasteiger partial charge in [-0.2, -0.15) is 5.10 Å². The topological polar surface area (TPSA) is 70.1 Å². The molecule has 1 aromatic heterocycles. The first-order valence-corrected chi connectivity index (χ1v) is 6.00. The summed E-state index contributed by atoms with van der Waals surface area (Å²) < 4.78 is 6.94. The van der Waals surface area contributed by atoms with Gasteiger partial charge in [-0.3, -0.25) is 0 Å². The minimum atomic E-state index is -0.494. The van der Waals surface area contributed by atoms with Crippen molar-refractivity contribution in [3.63, 3.8) is 0 Å². The largest absolute Gasteiger partial charge is 0.456 e. The van der Waals surface area contributed by atoms with E-state index in [9.17, 15) is 4.79 Å². The average Bonchev–Trinajstić information content (AvgIpc) is 2.74. The van der Waals surface area contributed by atoms with Crippen LogP contribution in [0.5, 0.6) is 0 Å². The van der Waals surface area contributed by atoms with Crippen LogP contribution in [-0.4, -0.2) is 21.4 Å². The van der Waals surface area contributed by atoms with Gasteiger partial charge in [-0.1, -0.05) is 0 Å². The first kappa shape index (κ1) is 13.1. The summed E-state index contributed by atoms with van der Waals surface area (Å²) in [5.41, 5.74) is 6.41. The molecule has 0 aliphatic carbocycles. The summed E-state index contributed by atoms with van der Waals surface area (Å²) in [6.07, 6.45) is 1.76. The number of nitrogens with two attached hydrogens (primary N) is 1. The quantitative estimate of drug-likeness (QED) is 0.841. The third kappa shape index (κ3) is 3.34. The Labute approximate surface area is 112 Å². The highest BCUT2D eigenvalue weighted by atomic mass is 16.6. The number of ether oxygens (including phenoxy) is 1. The van der Waals surface area contributed by atoms with E-state index in [-0.39, 0.29) is 5.97 Å². The van der Waals surface area contributed by atoms with Crippen LogP contribution in [0.4, 0.5) is 5.82 Å². The van der Waals surface area contributed by atoms with Crippen molar-refractivity contribution in [2.45, 2.75) is 26.4 Å². The number of hydrogen-bond acceptors (Lipinski definition) is 4. The minimum absolute atomic E-state index is 0.334. The Bertz CT molecular complexity index is 579. The van der Waals surface area contributed by atoms with Crippen LogP contribution in [0.15, 0.2) is 36.5 Å². The number of esters is 1. The van der Waals surface area contributed by atoms with E-state index in [1.54, 1.807) is 41.2 Å². The second-order valence-corrected chi connectivity index (χ2v) is 5.23. The van der Waals surface area contributed by atoms with Crippen molar-refractivity contribution in [2.24, 2.45) is 0 Å². The van der Waals surface area contributed by atoms with Crippen LogP contribution in [0, 0.1) is 0 Å². The number of nitrogen functional groups attached to an aromatic ring is 1. The molecule has 0 spiro atoms. The molecule has 0 aliphatic heterocycles. The van der Waals surface area contributed by atoms with Crippen molar-refractivity contribution in [3.05, 3.63) is 42.1 Å². The van der Waals surface area contributed by atoms with Crippen LogP contribution in [0.2, 0.25) is 0 Å². The van der Waals surface area contributed by atoms with E-state index < -0.39 is 5.60 Å². The molecule has 2 aromatic rings. The molecule has 5 nitrogen and oxygen atoms in total. The van der Waals surface area contributed by atoms with Gasteiger partial charge >= 0.3 is 5.97 Å². The molecule has 1 heterocycles. The van der Waals surface area contributed by atoms with Crippen molar-refractivity contribution in [3.8, 4) is 5.69 Å². The van der Waals surface area contributed by atoms with Crippen molar-refractivity contribution < 1.29 is 9.53 Å². The van der Waals surface area contributed by atoms with Gasteiger partial charge in [0.25, 0.3) is 0 Å². The van der Waals surface area contributed by atoms with Gasteiger partial charge in [0, 0.05) is 12.3 Å². The minimum Gasteiger partial charge on any atom is -0.456 e. The van der Waals surface area contributed by atoms with Crippen molar-refractivity contribution >= 4 is 11.8 Å². The number of rotatable bonds is 2. The maximum Gasteiger partial charge on any atom is 0.338 e. The lowest BCUT2D eigenvalue weighted by Gasteiger charge is -2.19. The molecule has 0 saturated heterocycles. The smallest absolute Gasteiger partial charge is 0.338 e. The van der Waals surface area contributed by atoms with Crippen LogP contribution in [-0.2, 0) is 4.74 Å². The summed E-state index contributed by atoms with van der Waals surface area (Å²) in [5, 5.41) is 4.09. The lowest BCUT2D eigenvalue weighted by Crippen LogP contribution is -2.23. The maximum atomic E-state index is 11.8. The Hall–Kier alpha value is -2.30. The third-order valence-electron chi connectivity index (χ3n) is 2.38. The summed E-state index contributed by atoms with van der Waals surface area (Å²) in [6, 6.07) is 8.72. The zero-order chi connectivity index (χ0) is 14.0. The van der Waals surface area contributed by atoms with Gasteiger partial charge < -0.3 is 10.5 Å². The van der Waals surface area contributed by atoms with E-state index in [1.807, 2.05) is 20.8 Å². The van der Waals surface area contributed by atoms with Crippen molar-refractivity contribution in [1.29, 1.82) is 0 Å². The molecule has 19 heavy (non-hydrogen) atoms. The molecule has 1 aromatic carbocycles. The van der Waals surface area contributed by atoms with E-state index in [1.165, 1.54) is 0 Å². The summed E-state index contributed by atoms with van der Waals surface area (Å²) in [4.78, 5) is 11.8. The highest BCUT2D eigenvalue weighted by Gasteiger charge is 2.17. The van der Waals surface area contributed by atoms with Crippen molar-refractivity contribution in [1.82, 2.24) is 9.78 Å². The molecule has 0 atom stereocenters. The molecule has 2 rings (SSSR count). The number of carbonyl (C=O) groups is 1. The van der Waals surface area contributed by atoms with Gasteiger partial charge in [0.1, 0.15) is 11.4 Å². The Morgan fingerprint density at radius 2 is 1.84 bits per heavy atom. The summed E-state index contributed by atoms with van der Waals surface area (Å²) in [5.74, 6) is 0.121. The number of nitrogens with zero attached hydrogens (tertiary/aromatic N) is 2. The van der Waals surface area contributed by atoms with Gasteiger partial charge in [0.15, 0.2) is 0 Å². The van der Waals surface area contributed by atoms with Crippen LogP contribution in [0.25, 0.3) is 5.69 Å². The van der Waals surface area contributed by atoms with Crippen LogP contribution < -0.4 is 5.73 Å². The zero-order valence-corrected chi connectivity index (χ0v) is 11.3. The molecule has 0 saturated carbocycles. The second-order valence-electron chi connectivity index (χ2n) is 5.23. The first-order valence-electron chi connectivity index (χ1n) is 6.00. The fourth-order valence-corrected chi connectivity index (χ4v) is 1.57. The van der Waals surface area contributed by atoms with E-state index in [4.69, 9.17) is 10.5 Å². The van der Waals surface area contributed by atoms with E-state index in [2.05, 4.69) is 5.10 Å². The van der Waals surface area contributed by atoms with E-state index in [0.717, 1.165) is 5.69 Å². The number of benzene rings is 1. The lowest BCUT2D eigenvalue weighted by molar-refractivity contribution is 0.00696. The van der Waals surface area contributed by atoms with Gasteiger partial charge in [-0.05, 0) is 45.0 Å². The van der Waals surface area contributed by atoms with Crippen molar-refractivity contribution in [2.75, 3.05) is 5.73 Å². The molecule has 5 heteroatoms. The number of anilines is 1. The van der Waals surface area contributed by atoms with Crippen LogP contribution >= 0.6 is 0 Å². The average molecular weight is 259 g/mol. The normalized spacial score (nSPS) is 11.3. The highest BCUT2D eigenvalue weighted by molar-refractivity contribution is 5.89. The molecular weight excluding hydrogens is 242 g/mol. The molecule has 0 fully saturated rings. The molecule has 2 N–H and O–H groups in total. The van der Waals surface area contributed by atoms with E-state index >= 15 is 0 Å². The summed E-state index contributed by atoms with van der Waals surface area (Å²) in [7, 11) is 0. The molecule has 0 unspecified atom stereocenters. The molecular formula is C14H17N3O2. The van der Waals surface area contributed by atoms with Crippen LogP contribution in [0.1, 0.15) is 31.1 Å². The fourth-order valence-electron chi connectivity index (χ4n) is 1.57. The Balaban J connectivity index is 2.17. The molecule has 0 amide bonds. The number of hydrogen-bond donors (Lipinski definition) is 1.